The number of ether oxygens (including phenoxy) is 3. The van der Waals surface area contributed by atoms with Gasteiger partial charge in [0, 0.05) is 61.4 Å². The topological polar surface area (TPSA) is 150 Å². The number of aliphatic hydroxyl groups is 1. The Morgan fingerprint density at radius 2 is 1.21 bits per heavy atom. The molecule has 0 spiro atoms. The molecule has 2 amide bonds. The summed E-state index contributed by atoms with van der Waals surface area (Å²) in [5.41, 5.74) is 3.86. The molecule has 7 aromatic rings. The summed E-state index contributed by atoms with van der Waals surface area (Å²) < 4.78 is 22.1. The molecule has 0 saturated heterocycles. The first kappa shape index (κ1) is 49.0. The molecule has 2 N–H and O–H groups in total. The van der Waals surface area contributed by atoms with Crippen LogP contribution in [-0.2, 0) is 24.4 Å². The number of anilines is 2. The number of nitrogens with zero attached hydrogens (tertiary/aromatic N) is 5. The molecule has 1 unspecified atom stereocenters. The normalized spacial score (nSPS) is 11.7. The third-order valence-electron chi connectivity index (χ3n) is 10.8. The van der Waals surface area contributed by atoms with Crippen molar-refractivity contribution in [2.24, 2.45) is 11.8 Å². The van der Waals surface area contributed by atoms with Crippen LogP contribution in [0.4, 0.5) is 11.6 Å². The lowest BCUT2D eigenvalue weighted by molar-refractivity contribution is 0.0280. The van der Waals surface area contributed by atoms with Crippen LogP contribution in [0.15, 0.2) is 127 Å². The van der Waals surface area contributed by atoms with Gasteiger partial charge in [-0.2, -0.15) is 10.2 Å². The predicted molar refractivity (Wildman–Crippen MR) is 264 cm³/mol. The number of aromatic nitrogens is 4. The Bertz CT molecular complexity index is 2900. The highest BCUT2D eigenvalue weighted by molar-refractivity contribution is 6.31. The van der Waals surface area contributed by atoms with Crippen LogP contribution in [0.25, 0.3) is 0 Å². The molecular weight excluding hydrogens is 904 g/mol. The lowest BCUT2D eigenvalue weighted by Gasteiger charge is -2.31. The van der Waals surface area contributed by atoms with Crippen molar-refractivity contribution in [3.63, 3.8) is 0 Å². The number of halogens is 2. The number of benzene rings is 5. The van der Waals surface area contributed by atoms with E-state index in [1.54, 1.807) is 119 Å². The predicted octanol–water partition coefficient (Wildman–Crippen LogP) is 11.1. The molecule has 0 bridgehead atoms. The number of hydrogen-bond acceptors (Lipinski definition) is 9. The van der Waals surface area contributed by atoms with E-state index in [4.69, 9.17) is 47.6 Å². The first-order valence-electron chi connectivity index (χ1n) is 22.3. The Hall–Kier alpha value is -6.93. The Balaban J connectivity index is 1.30. The fraction of sp³-hybridized carbons (Fsp3) is 0.264. The van der Waals surface area contributed by atoms with E-state index in [0.717, 1.165) is 16.8 Å². The van der Waals surface area contributed by atoms with Crippen LogP contribution in [0, 0.1) is 25.7 Å². The SMILES string of the molecule is Cc1cc(NC(=O)c2ccccc2C(OC(=O)c2ccccc2)N(C(=O)c2ccccc2CO)c2cc(C)n(Cc3cc(Cl)ccc3OCC(C)C)n2)nn1Cc1cc(Cl)ccc1OCC(C)C. The Kier molecular flexibility index (Phi) is 16.0. The van der Waals surface area contributed by atoms with Gasteiger partial charge in [0.15, 0.2) is 11.6 Å². The summed E-state index contributed by atoms with van der Waals surface area (Å²) in [6.07, 6.45) is -1.59. The van der Waals surface area contributed by atoms with Gasteiger partial charge in [0.05, 0.1) is 38.5 Å². The number of carbonyl (C=O) groups is 3. The zero-order valence-electron chi connectivity index (χ0n) is 38.8. The average molecular weight is 958 g/mol. The summed E-state index contributed by atoms with van der Waals surface area (Å²) >= 11 is 12.9. The Morgan fingerprint density at radius 1 is 0.662 bits per heavy atom. The summed E-state index contributed by atoms with van der Waals surface area (Å²) in [6, 6.07) is 35.7. The lowest BCUT2D eigenvalue weighted by Crippen LogP contribution is -2.39. The van der Waals surface area contributed by atoms with E-state index in [1.807, 2.05) is 32.0 Å². The fourth-order valence-corrected chi connectivity index (χ4v) is 7.78. The van der Waals surface area contributed by atoms with Crippen LogP contribution in [-0.4, -0.2) is 55.7 Å². The third kappa shape index (κ3) is 12.0. The second kappa shape index (κ2) is 22.2. The third-order valence-corrected chi connectivity index (χ3v) is 11.3. The highest BCUT2D eigenvalue weighted by atomic mass is 35.5. The van der Waals surface area contributed by atoms with E-state index >= 15 is 4.79 Å². The zero-order chi connectivity index (χ0) is 48.5. The van der Waals surface area contributed by atoms with Gasteiger partial charge < -0.3 is 24.6 Å². The van der Waals surface area contributed by atoms with Gasteiger partial charge in [0.25, 0.3) is 11.8 Å². The van der Waals surface area contributed by atoms with E-state index in [1.165, 1.54) is 4.90 Å². The summed E-state index contributed by atoms with van der Waals surface area (Å²) in [5.74, 6) is 0.218. The summed E-state index contributed by atoms with van der Waals surface area (Å²) in [4.78, 5) is 45.4. The van der Waals surface area contributed by atoms with Gasteiger partial charge in [0.1, 0.15) is 11.5 Å². The Labute approximate surface area is 406 Å². The smallest absolute Gasteiger partial charge is 0.340 e. The molecule has 0 aliphatic carbocycles. The number of carbonyl (C=O) groups excluding carboxylic acids is 3. The van der Waals surface area contributed by atoms with Crippen LogP contribution in [0.2, 0.25) is 10.0 Å². The van der Waals surface area contributed by atoms with Crippen molar-refractivity contribution >= 4 is 52.6 Å². The van der Waals surface area contributed by atoms with Gasteiger partial charge in [-0.15, -0.1) is 0 Å². The van der Waals surface area contributed by atoms with Crippen molar-refractivity contribution in [1.82, 2.24) is 19.6 Å². The number of rotatable bonds is 19. The summed E-state index contributed by atoms with van der Waals surface area (Å²) in [6.45, 7) is 13.0. The standard InChI is InChI=1S/C53H54Cl2N6O7/c1-33(2)31-66-46-22-20-41(54)26-39(46)28-59-35(5)24-48(57-59)56-50(63)44-18-12-13-19-45(44)52(68-53(65)37-14-8-7-9-15-37)61(51(64)43-17-11-10-16-38(43)30-62)49-25-36(6)60(58-49)29-40-27-42(55)21-23-47(40)67-32-34(3)4/h7-27,33-34,52,62H,28-32H2,1-6H3,(H,56,57,63). The van der Waals surface area contributed by atoms with E-state index in [2.05, 4.69) is 33.0 Å². The molecule has 2 heterocycles. The molecule has 5 aromatic carbocycles. The first-order valence-corrected chi connectivity index (χ1v) is 23.0. The fourth-order valence-electron chi connectivity index (χ4n) is 7.39. The number of hydrogen-bond donors (Lipinski definition) is 2. The monoisotopic (exact) mass is 956 g/mol. The van der Waals surface area contributed by atoms with Crippen molar-refractivity contribution < 1.29 is 33.7 Å². The second-order valence-corrected chi connectivity index (χ2v) is 18.1. The van der Waals surface area contributed by atoms with E-state index in [-0.39, 0.29) is 46.4 Å². The maximum Gasteiger partial charge on any atom is 0.340 e. The van der Waals surface area contributed by atoms with Crippen LogP contribution in [0.1, 0.15) is 98.6 Å². The van der Waals surface area contributed by atoms with Crippen molar-refractivity contribution in [3.8, 4) is 11.5 Å². The van der Waals surface area contributed by atoms with Crippen molar-refractivity contribution in [2.45, 2.75) is 67.5 Å². The van der Waals surface area contributed by atoms with Crippen LogP contribution < -0.4 is 19.7 Å². The zero-order valence-corrected chi connectivity index (χ0v) is 40.3. The van der Waals surface area contributed by atoms with E-state index < -0.39 is 30.6 Å². The molecule has 0 aliphatic rings. The highest BCUT2D eigenvalue weighted by Crippen LogP contribution is 2.35. The van der Waals surface area contributed by atoms with E-state index in [9.17, 15) is 14.7 Å². The average Bonchev–Trinajstić information content (AvgIpc) is 3.86. The minimum Gasteiger partial charge on any atom is -0.493 e. The minimum atomic E-state index is -1.59. The van der Waals surface area contributed by atoms with Gasteiger partial charge in [-0.25, -0.2) is 9.69 Å². The summed E-state index contributed by atoms with van der Waals surface area (Å²) in [7, 11) is 0. The van der Waals surface area contributed by atoms with Gasteiger partial charge in [-0.1, -0.05) is 105 Å². The maximum atomic E-state index is 15.3. The molecule has 0 radical (unpaired) electrons. The van der Waals surface area contributed by atoms with Crippen LogP contribution in [0.3, 0.4) is 0 Å². The number of nitrogens with one attached hydrogen (secondary N) is 1. The highest BCUT2D eigenvalue weighted by Gasteiger charge is 2.37. The van der Waals surface area contributed by atoms with Crippen LogP contribution >= 0.6 is 23.2 Å². The van der Waals surface area contributed by atoms with Gasteiger partial charge in [-0.3, -0.25) is 19.0 Å². The van der Waals surface area contributed by atoms with E-state index in [0.29, 0.717) is 58.5 Å². The summed E-state index contributed by atoms with van der Waals surface area (Å²) in [5, 5.41) is 24.1. The van der Waals surface area contributed by atoms with Crippen molar-refractivity contribution in [2.75, 3.05) is 23.4 Å². The van der Waals surface area contributed by atoms with Crippen molar-refractivity contribution in [3.05, 3.63) is 188 Å². The number of esters is 1. The molecule has 13 nitrogen and oxygen atoms in total. The Morgan fingerprint density at radius 3 is 1.81 bits per heavy atom. The number of aryl methyl sites for hydroxylation is 2. The quantitative estimate of drug-likeness (QED) is 0.0596. The molecule has 0 saturated carbocycles. The van der Waals surface area contributed by atoms with Gasteiger partial charge in [0.2, 0.25) is 6.23 Å². The van der Waals surface area contributed by atoms with Crippen LogP contribution in [0.5, 0.6) is 11.5 Å². The molecule has 352 valence electrons. The molecule has 68 heavy (non-hydrogen) atoms. The van der Waals surface area contributed by atoms with Gasteiger partial charge >= 0.3 is 5.97 Å². The molecule has 2 aromatic heterocycles. The second-order valence-electron chi connectivity index (χ2n) is 17.2. The lowest BCUT2D eigenvalue weighted by atomic mass is 10.0. The minimum absolute atomic E-state index is 0.0834. The largest absolute Gasteiger partial charge is 0.493 e. The molecular formula is C53H54Cl2N6O7. The number of amides is 2. The first-order chi connectivity index (χ1) is 32.7. The molecule has 1 atom stereocenters. The maximum absolute atomic E-state index is 15.3. The van der Waals surface area contributed by atoms with Crippen molar-refractivity contribution in [1.29, 1.82) is 0 Å². The number of aliphatic hydroxyl groups excluding tert-OH is 1. The molecule has 15 heteroatoms. The van der Waals surface area contributed by atoms with Gasteiger partial charge in [-0.05, 0) is 91.9 Å². The molecule has 0 aliphatic heterocycles. The molecule has 0 fully saturated rings. The molecule has 7 rings (SSSR count).